The minimum Gasteiger partial charge on any atom is -0.386 e. The van der Waals surface area contributed by atoms with E-state index in [0.29, 0.717) is 16.3 Å². The molecule has 1 aromatic heterocycles. The van der Waals surface area contributed by atoms with Crippen LogP contribution in [0, 0.1) is 5.92 Å². The number of carbonyl (C=O) groups is 1. The van der Waals surface area contributed by atoms with Crippen LogP contribution in [0.2, 0.25) is 5.02 Å². The molecule has 35 heavy (non-hydrogen) atoms. The lowest BCUT2D eigenvalue weighted by Crippen LogP contribution is -2.43. The highest BCUT2D eigenvalue weighted by Gasteiger charge is 2.36. The Balaban J connectivity index is 1.72. The number of aromatic nitrogens is 1. The van der Waals surface area contributed by atoms with Crippen LogP contribution in [-0.4, -0.2) is 41.0 Å². The second kappa shape index (κ2) is 9.50. The van der Waals surface area contributed by atoms with Crippen molar-refractivity contribution in [3.63, 3.8) is 0 Å². The Morgan fingerprint density at radius 3 is 2.66 bits per heavy atom. The average Bonchev–Trinajstić information content (AvgIpc) is 2.76. The van der Waals surface area contributed by atoms with Gasteiger partial charge in [0.2, 0.25) is 15.9 Å². The smallest absolute Gasteiger partial charge is 0.233 e. The zero-order valence-corrected chi connectivity index (χ0v) is 21.8. The molecule has 1 amide bonds. The number of carbonyl (C=O) groups excluding carboxylic acids is 1. The van der Waals surface area contributed by atoms with E-state index < -0.39 is 21.5 Å². The number of sulfonamides is 1. The quantitative estimate of drug-likeness (QED) is 0.498. The molecule has 2 aromatic carbocycles. The summed E-state index contributed by atoms with van der Waals surface area (Å²) in [5, 5.41) is 15.4. The number of benzene rings is 2. The first-order chi connectivity index (χ1) is 16.3. The van der Waals surface area contributed by atoms with E-state index in [4.69, 9.17) is 11.6 Å². The van der Waals surface area contributed by atoms with Crippen LogP contribution in [0.25, 0.3) is 10.8 Å². The van der Waals surface area contributed by atoms with Crippen molar-refractivity contribution in [1.29, 1.82) is 0 Å². The monoisotopic (exact) mass is 515 g/mol. The molecule has 186 valence electrons. The van der Waals surface area contributed by atoms with Gasteiger partial charge in [0.1, 0.15) is 0 Å². The van der Waals surface area contributed by atoms with E-state index >= 15 is 0 Å². The molecule has 7 nitrogen and oxygen atoms in total. The zero-order chi connectivity index (χ0) is 25.5. The van der Waals surface area contributed by atoms with E-state index in [1.807, 2.05) is 32.0 Å². The van der Waals surface area contributed by atoms with Gasteiger partial charge in [0.25, 0.3) is 0 Å². The molecular weight excluding hydrogens is 486 g/mol. The molecule has 4 rings (SSSR count). The molecule has 9 heteroatoms. The summed E-state index contributed by atoms with van der Waals surface area (Å²) in [5.74, 6) is -1.12. The summed E-state index contributed by atoms with van der Waals surface area (Å²) in [5.41, 5.74) is 1.62. The first kappa shape index (κ1) is 25.6. The maximum absolute atomic E-state index is 13.6. The van der Waals surface area contributed by atoms with Crippen LogP contribution in [0.15, 0.2) is 48.8 Å². The van der Waals surface area contributed by atoms with Crippen molar-refractivity contribution < 1.29 is 18.3 Å². The van der Waals surface area contributed by atoms with E-state index in [9.17, 15) is 18.3 Å². The van der Waals surface area contributed by atoms with E-state index in [1.54, 1.807) is 44.4 Å². The molecule has 0 aliphatic carbocycles. The zero-order valence-electron chi connectivity index (χ0n) is 20.2. The summed E-state index contributed by atoms with van der Waals surface area (Å²) >= 11 is 6.24. The second-order valence-corrected chi connectivity index (χ2v) is 12.5. The van der Waals surface area contributed by atoms with Crippen LogP contribution in [0.5, 0.6) is 0 Å². The third-order valence-corrected chi connectivity index (χ3v) is 8.58. The number of nitrogens with one attached hydrogen (secondary N) is 1. The van der Waals surface area contributed by atoms with Crippen molar-refractivity contribution in [3.8, 4) is 0 Å². The molecular formula is C26H30ClN3O4S. The Morgan fingerprint density at radius 1 is 1.23 bits per heavy atom. The molecule has 0 saturated carbocycles. The molecule has 0 fully saturated rings. The molecule has 0 radical (unpaired) electrons. The van der Waals surface area contributed by atoms with Gasteiger partial charge in [-0.3, -0.25) is 9.78 Å². The Kier molecular flexibility index (Phi) is 6.94. The fourth-order valence-electron chi connectivity index (χ4n) is 4.42. The summed E-state index contributed by atoms with van der Waals surface area (Å²) in [7, 11) is -3.55. The normalized spacial score (nSPS) is 16.9. The Morgan fingerprint density at radius 2 is 1.97 bits per heavy atom. The second-order valence-electron chi connectivity index (χ2n) is 10.0. The van der Waals surface area contributed by atoms with Crippen LogP contribution in [0.3, 0.4) is 0 Å². The minimum absolute atomic E-state index is 0.0111. The van der Waals surface area contributed by atoms with Gasteiger partial charge in [0.15, 0.2) is 0 Å². The Hall–Kier alpha value is -2.52. The Bertz CT molecular complexity index is 1380. The van der Waals surface area contributed by atoms with Gasteiger partial charge in [-0.25, -0.2) is 8.42 Å². The third-order valence-electron chi connectivity index (χ3n) is 6.20. The number of nitrogens with zero attached hydrogens (tertiary/aromatic N) is 2. The topological polar surface area (TPSA) is 99.6 Å². The SMILES string of the molecule is CC(C)CS(=O)(=O)N1Cc2ccc(Cl)cc2C(C(=O)Nc2cncc3ccc(C(C)(C)O)cc23)C1. The molecule has 0 saturated heterocycles. The summed E-state index contributed by atoms with van der Waals surface area (Å²) in [6.45, 7) is 7.34. The van der Waals surface area contributed by atoms with Crippen molar-refractivity contribution in [2.75, 3.05) is 17.6 Å². The summed E-state index contributed by atoms with van der Waals surface area (Å²) in [6, 6.07) is 10.7. The van der Waals surface area contributed by atoms with Crippen molar-refractivity contribution in [3.05, 3.63) is 70.5 Å². The number of aliphatic hydroxyl groups is 1. The molecule has 0 spiro atoms. The van der Waals surface area contributed by atoms with Gasteiger partial charge in [-0.2, -0.15) is 4.31 Å². The fourth-order valence-corrected chi connectivity index (χ4v) is 6.36. The average molecular weight is 516 g/mol. The van der Waals surface area contributed by atoms with Crippen LogP contribution < -0.4 is 5.32 Å². The first-order valence-electron chi connectivity index (χ1n) is 11.5. The van der Waals surface area contributed by atoms with Crippen LogP contribution >= 0.6 is 11.6 Å². The molecule has 1 unspecified atom stereocenters. The van der Waals surface area contributed by atoms with Gasteiger partial charge < -0.3 is 10.4 Å². The van der Waals surface area contributed by atoms with E-state index in [0.717, 1.165) is 21.9 Å². The molecule has 3 aromatic rings. The summed E-state index contributed by atoms with van der Waals surface area (Å²) < 4.78 is 27.5. The lowest BCUT2D eigenvalue weighted by Gasteiger charge is -2.34. The number of anilines is 1. The largest absolute Gasteiger partial charge is 0.386 e. The first-order valence-corrected chi connectivity index (χ1v) is 13.5. The van der Waals surface area contributed by atoms with E-state index in [2.05, 4.69) is 10.3 Å². The minimum atomic E-state index is -3.55. The van der Waals surface area contributed by atoms with E-state index in [1.165, 1.54) is 4.31 Å². The predicted octanol–water partition coefficient (Wildman–Crippen LogP) is 4.64. The van der Waals surface area contributed by atoms with Crippen LogP contribution in [0.4, 0.5) is 5.69 Å². The Labute approximate surface area is 211 Å². The molecule has 2 heterocycles. The number of rotatable bonds is 6. The third kappa shape index (κ3) is 5.51. The number of hydrogen-bond donors (Lipinski definition) is 2. The number of halogens is 1. The molecule has 1 atom stereocenters. The fraction of sp³-hybridized carbons (Fsp3) is 0.385. The molecule has 0 bridgehead atoms. The highest BCUT2D eigenvalue weighted by Crippen LogP contribution is 2.34. The summed E-state index contributed by atoms with van der Waals surface area (Å²) in [4.78, 5) is 17.9. The maximum atomic E-state index is 13.6. The highest BCUT2D eigenvalue weighted by atomic mass is 35.5. The predicted molar refractivity (Wildman–Crippen MR) is 139 cm³/mol. The number of fused-ring (bicyclic) bond motifs is 2. The van der Waals surface area contributed by atoms with E-state index in [-0.39, 0.29) is 30.7 Å². The van der Waals surface area contributed by atoms with Crippen LogP contribution in [0.1, 0.15) is 50.3 Å². The standard InChI is InChI=1S/C26H30ClN3O4S/c1-16(2)15-35(33,34)30-13-18-6-8-20(27)10-21(18)23(14-30)25(31)29-24-12-28-11-17-5-7-19(9-22(17)24)26(3,4)32/h5-12,16,23,32H,13-15H2,1-4H3,(H,29,31). The van der Waals surface area contributed by atoms with Gasteiger partial charge in [-0.15, -0.1) is 0 Å². The molecule has 1 aliphatic heterocycles. The maximum Gasteiger partial charge on any atom is 0.233 e. The van der Waals surface area contributed by atoms with Crippen molar-refractivity contribution >= 4 is 44.0 Å². The number of hydrogen-bond acceptors (Lipinski definition) is 5. The van der Waals surface area contributed by atoms with Gasteiger partial charge in [-0.05, 0) is 54.7 Å². The van der Waals surface area contributed by atoms with Gasteiger partial charge >= 0.3 is 0 Å². The van der Waals surface area contributed by atoms with Gasteiger partial charge in [0, 0.05) is 35.1 Å². The molecule has 1 aliphatic rings. The highest BCUT2D eigenvalue weighted by molar-refractivity contribution is 7.89. The van der Waals surface area contributed by atoms with Crippen LogP contribution in [-0.2, 0) is 27.0 Å². The molecule has 2 N–H and O–H groups in total. The van der Waals surface area contributed by atoms with Crippen molar-refractivity contribution in [2.45, 2.75) is 45.8 Å². The number of pyridine rings is 1. The summed E-state index contributed by atoms with van der Waals surface area (Å²) in [6.07, 6.45) is 3.25. The number of amides is 1. The lowest BCUT2D eigenvalue weighted by atomic mass is 9.90. The van der Waals surface area contributed by atoms with Crippen molar-refractivity contribution in [1.82, 2.24) is 9.29 Å². The lowest BCUT2D eigenvalue weighted by molar-refractivity contribution is -0.118. The van der Waals surface area contributed by atoms with Crippen molar-refractivity contribution in [2.24, 2.45) is 5.92 Å². The van der Waals surface area contributed by atoms with Gasteiger partial charge in [-0.1, -0.05) is 43.6 Å². The van der Waals surface area contributed by atoms with Gasteiger partial charge in [0.05, 0.1) is 29.2 Å².